The molecular weight excluding hydrogens is 403 g/mol. The molecule has 0 unspecified atom stereocenters. The fourth-order valence-electron chi connectivity index (χ4n) is 2.89. The number of benzene rings is 2. The first kappa shape index (κ1) is 22.0. The van der Waals surface area contributed by atoms with Crippen LogP contribution in [0.15, 0.2) is 53.7 Å². The summed E-state index contributed by atoms with van der Waals surface area (Å²) < 4.78 is 20.5. The lowest BCUT2D eigenvalue weighted by atomic mass is 10.1. The second-order valence-electron chi connectivity index (χ2n) is 7.15. The Bertz CT molecular complexity index is 1000. The predicted octanol–water partition coefficient (Wildman–Crippen LogP) is 4.40. The molecule has 0 saturated heterocycles. The van der Waals surface area contributed by atoms with Gasteiger partial charge in [-0.3, -0.25) is 14.3 Å². The van der Waals surface area contributed by atoms with Crippen LogP contribution in [0.25, 0.3) is 5.69 Å². The van der Waals surface area contributed by atoms with Gasteiger partial charge in [-0.25, -0.2) is 4.39 Å². The summed E-state index contributed by atoms with van der Waals surface area (Å²) in [6.45, 7) is 3.86. The fourth-order valence-corrected chi connectivity index (χ4v) is 3.85. The number of methoxy groups -OCH3 is 1. The summed E-state index contributed by atoms with van der Waals surface area (Å²) in [4.78, 5) is 14.9. The van der Waals surface area contributed by atoms with Gasteiger partial charge in [0, 0.05) is 11.3 Å². The van der Waals surface area contributed by atoms with Crippen LogP contribution >= 0.6 is 11.8 Å². The molecule has 0 aliphatic carbocycles. The molecule has 0 saturated carbocycles. The molecule has 2 aromatic carbocycles. The number of hydrogen-bond donors (Lipinski definition) is 0. The van der Waals surface area contributed by atoms with Gasteiger partial charge in [-0.15, -0.1) is 10.2 Å². The van der Waals surface area contributed by atoms with E-state index in [1.165, 1.54) is 23.9 Å². The first-order valence-electron chi connectivity index (χ1n) is 9.54. The minimum absolute atomic E-state index is 0.0153. The van der Waals surface area contributed by atoms with Gasteiger partial charge in [-0.2, -0.15) is 0 Å². The summed E-state index contributed by atoms with van der Waals surface area (Å²) >= 11 is 1.33. The van der Waals surface area contributed by atoms with E-state index in [1.54, 1.807) is 43.5 Å². The SMILES string of the molecule is COc1ccc(C(=O)[C@H](C)Sc2nnc([C@H](C)N(C)C)n2-c2ccc(F)cc2)cc1. The number of nitrogens with zero attached hydrogens (tertiary/aromatic N) is 4. The maximum Gasteiger partial charge on any atom is 0.196 e. The van der Waals surface area contributed by atoms with Crippen LogP contribution in [0, 0.1) is 5.82 Å². The van der Waals surface area contributed by atoms with Crippen molar-refractivity contribution in [3.05, 3.63) is 65.7 Å². The number of Topliss-reactive ketones (excluding diaryl/α,β-unsaturated/α-hetero) is 1. The Hall–Kier alpha value is -2.71. The summed E-state index contributed by atoms with van der Waals surface area (Å²) in [7, 11) is 5.50. The quantitative estimate of drug-likeness (QED) is 0.391. The summed E-state index contributed by atoms with van der Waals surface area (Å²) in [5, 5.41) is 8.92. The smallest absolute Gasteiger partial charge is 0.196 e. The second-order valence-corrected chi connectivity index (χ2v) is 8.45. The maximum absolute atomic E-state index is 13.5. The van der Waals surface area contributed by atoms with Gasteiger partial charge in [0.1, 0.15) is 11.6 Å². The highest BCUT2D eigenvalue weighted by Gasteiger charge is 2.25. The van der Waals surface area contributed by atoms with E-state index in [4.69, 9.17) is 4.74 Å². The van der Waals surface area contributed by atoms with E-state index in [-0.39, 0.29) is 22.9 Å². The van der Waals surface area contributed by atoms with Crippen LogP contribution in [-0.4, -0.2) is 51.9 Å². The summed E-state index contributed by atoms with van der Waals surface area (Å²) in [6, 6.07) is 13.2. The van der Waals surface area contributed by atoms with Crippen molar-refractivity contribution >= 4 is 17.5 Å². The lowest BCUT2D eigenvalue weighted by molar-refractivity contribution is 0.0994. The molecule has 30 heavy (non-hydrogen) atoms. The van der Waals surface area contributed by atoms with Gasteiger partial charge in [0.25, 0.3) is 0 Å². The predicted molar refractivity (Wildman–Crippen MR) is 116 cm³/mol. The van der Waals surface area contributed by atoms with E-state index in [1.807, 2.05) is 37.4 Å². The number of thioether (sulfide) groups is 1. The molecule has 158 valence electrons. The molecule has 8 heteroatoms. The van der Waals surface area contributed by atoms with Gasteiger partial charge < -0.3 is 4.74 Å². The Labute approximate surface area is 180 Å². The van der Waals surface area contributed by atoms with Gasteiger partial charge in [0.15, 0.2) is 16.8 Å². The zero-order valence-electron chi connectivity index (χ0n) is 17.7. The lowest BCUT2D eigenvalue weighted by Gasteiger charge is -2.21. The number of rotatable bonds is 8. The number of halogens is 1. The molecule has 1 aromatic heterocycles. The maximum atomic E-state index is 13.5. The zero-order chi connectivity index (χ0) is 21.8. The van der Waals surface area contributed by atoms with Crippen LogP contribution in [0.3, 0.4) is 0 Å². The first-order chi connectivity index (χ1) is 14.3. The largest absolute Gasteiger partial charge is 0.497 e. The van der Waals surface area contributed by atoms with Crippen molar-refractivity contribution in [3.63, 3.8) is 0 Å². The van der Waals surface area contributed by atoms with Crippen molar-refractivity contribution in [2.75, 3.05) is 21.2 Å². The van der Waals surface area contributed by atoms with Crippen molar-refractivity contribution in [1.82, 2.24) is 19.7 Å². The Balaban J connectivity index is 1.92. The van der Waals surface area contributed by atoms with Gasteiger partial charge >= 0.3 is 0 Å². The third-order valence-electron chi connectivity index (χ3n) is 4.92. The molecule has 0 fully saturated rings. The summed E-state index contributed by atoms with van der Waals surface area (Å²) in [5.41, 5.74) is 1.35. The molecule has 0 aliphatic heterocycles. The van der Waals surface area contributed by atoms with Crippen molar-refractivity contribution in [2.45, 2.75) is 30.3 Å². The first-order valence-corrected chi connectivity index (χ1v) is 10.4. The topological polar surface area (TPSA) is 60.2 Å². The molecule has 2 atom stereocenters. The van der Waals surface area contributed by atoms with E-state index >= 15 is 0 Å². The van der Waals surface area contributed by atoms with Crippen molar-refractivity contribution in [1.29, 1.82) is 0 Å². The van der Waals surface area contributed by atoms with Gasteiger partial charge in [0.2, 0.25) is 0 Å². The molecular formula is C22H25FN4O2S. The molecule has 0 spiro atoms. The van der Waals surface area contributed by atoms with Crippen molar-refractivity contribution in [3.8, 4) is 11.4 Å². The average molecular weight is 429 g/mol. The highest BCUT2D eigenvalue weighted by molar-refractivity contribution is 8.00. The van der Waals surface area contributed by atoms with E-state index in [0.29, 0.717) is 16.5 Å². The monoisotopic (exact) mass is 428 g/mol. The number of ether oxygens (including phenoxy) is 1. The number of ketones is 1. The number of aromatic nitrogens is 3. The minimum atomic E-state index is -0.385. The summed E-state index contributed by atoms with van der Waals surface area (Å²) in [5.74, 6) is 1.09. The molecule has 0 N–H and O–H groups in total. The zero-order valence-corrected chi connectivity index (χ0v) is 18.5. The van der Waals surface area contributed by atoms with Crippen molar-refractivity contribution in [2.24, 2.45) is 0 Å². The molecule has 0 aliphatic rings. The third kappa shape index (κ3) is 4.71. The van der Waals surface area contributed by atoms with Crippen LogP contribution in [-0.2, 0) is 0 Å². The van der Waals surface area contributed by atoms with E-state index in [2.05, 4.69) is 10.2 Å². The molecule has 0 bridgehead atoms. The molecule has 3 rings (SSSR count). The highest BCUT2D eigenvalue weighted by atomic mass is 32.2. The molecule has 0 radical (unpaired) electrons. The Morgan fingerprint density at radius 1 is 1.07 bits per heavy atom. The molecule has 6 nitrogen and oxygen atoms in total. The van der Waals surface area contributed by atoms with Gasteiger partial charge in [-0.1, -0.05) is 11.8 Å². The fraction of sp³-hybridized carbons (Fsp3) is 0.318. The number of hydrogen-bond acceptors (Lipinski definition) is 6. The molecule has 0 amide bonds. The standard InChI is InChI=1S/C22H25FN4O2S/c1-14(26(3)4)21-24-25-22(27(21)18-10-8-17(23)9-11-18)30-15(2)20(28)16-6-12-19(29-5)13-7-16/h6-15H,1-5H3/t14-,15-/m0/s1. The third-order valence-corrected chi connectivity index (χ3v) is 5.96. The molecule has 3 aromatic rings. The second kappa shape index (κ2) is 9.40. The van der Waals surface area contributed by atoms with Gasteiger partial charge in [0.05, 0.1) is 18.4 Å². The summed E-state index contributed by atoms with van der Waals surface area (Å²) in [6.07, 6.45) is 0. The van der Waals surface area contributed by atoms with E-state index in [9.17, 15) is 9.18 Å². The van der Waals surface area contributed by atoms with E-state index in [0.717, 1.165) is 11.5 Å². The molecule has 1 heterocycles. The van der Waals surface area contributed by atoms with Crippen LogP contribution in [0.1, 0.15) is 36.1 Å². The van der Waals surface area contributed by atoms with Crippen LogP contribution < -0.4 is 4.74 Å². The minimum Gasteiger partial charge on any atom is -0.497 e. The number of carbonyl (C=O) groups excluding carboxylic acids is 1. The van der Waals surface area contributed by atoms with Crippen LogP contribution in [0.2, 0.25) is 0 Å². The highest BCUT2D eigenvalue weighted by Crippen LogP contribution is 2.30. The Morgan fingerprint density at radius 2 is 1.70 bits per heavy atom. The van der Waals surface area contributed by atoms with Gasteiger partial charge in [-0.05, 0) is 76.5 Å². The van der Waals surface area contributed by atoms with E-state index < -0.39 is 0 Å². The Morgan fingerprint density at radius 3 is 2.27 bits per heavy atom. The average Bonchev–Trinajstić information content (AvgIpc) is 3.16. The number of carbonyl (C=O) groups is 1. The normalized spacial score (nSPS) is 13.3. The lowest BCUT2D eigenvalue weighted by Crippen LogP contribution is -2.21. The Kier molecular flexibility index (Phi) is 6.89. The van der Waals surface area contributed by atoms with Crippen LogP contribution in [0.4, 0.5) is 4.39 Å². The van der Waals surface area contributed by atoms with Crippen molar-refractivity contribution < 1.29 is 13.9 Å². The van der Waals surface area contributed by atoms with Crippen LogP contribution in [0.5, 0.6) is 5.75 Å².